The minimum atomic E-state index is 0.308. The fraction of sp³-hybridized carbons (Fsp3) is 0.294. The fourth-order valence-electron chi connectivity index (χ4n) is 2.39. The Labute approximate surface area is 119 Å². The quantitative estimate of drug-likeness (QED) is 0.817. The molecule has 104 valence electrons. The van der Waals surface area contributed by atoms with E-state index in [4.69, 9.17) is 9.47 Å². The second-order valence-electron chi connectivity index (χ2n) is 4.87. The van der Waals surface area contributed by atoms with E-state index in [0.717, 1.165) is 37.7 Å². The van der Waals surface area contributed by atoms with Crippen LogP contribution >= 0.6 is 0 Å². The van der Waals surface area contributed by atoms with Gasteiger partial charge >= 0.3 is 0 Å². The van der Waals surface area contributed by atoms with Gasteiger partial charge in [-0.15, -0.1) is 0 Å². The summed E-state index contributed by atoms with van der Waals surface area (Å²) in [5.74, 6) is 1.94. The summed E-state index contributed by atoms with van der Waals surface area (Å²) in [6, 6.07) is 18.4. The van der Waals surface area contributed by atoms with Gasteiger partial charge < -0.3 is 14.8 Å². The van der Waals surface area contributed by atoms with Crippen molar-refractivity contribution < 1.29 is 9.47 Å². The highest BCUT2D eigenvalue weighted by Gasteiger charge is 2.22. The topological polar surface area (TPSA) is 30.5 Å². The molecule has 0 saturated carbocycles. The molecule has 0 radical (unpaired) electrons. The first kappa shape index (κ1) is 13.0. The van der Waals surface area contributed by atoms with E-state index in [1.54, 1.807) is 0 Å². The zero-order chi connectivity index (χ0) is 13.6. The number of benzene rings is 2. The van der Waals surface area contributed by atoms with E-state index < -0.39 is 0 Å². The number of para-hydroxylation sites is 2. The standard InChI is InChI=1S/C17H19NO2/c1-2-7-14(8-3-1)19-12-6-11-18-16-13-20-17-10-5-4-9-15(16)17/h1-5,7-10,16,18H,6,11-13H2. The first-order chi connectivity index (χ1) is 9.93. The third kappa shape index (κ3) is 3.11. The molecule has 0 bridgehead atoms. The molecule has 0 aliphatic carbocycles. The minimum Gasteiger partial charge on any atom is -0.494 e. The molecule has 0 amide bonds. The zero-order valence-corrected chi connectivity index (χ0v) is 11.4. The maximum Gasteiger partial charge on any atom is 0.124 e. The van der Waals surface area contributed by atoms with E-state index in [1.807, 2.05) is 42.5 Å². The molecule has 1 atom stereocenters. The molecule has 1 unspecified atom stereocenters. The Morgan fingerprint density at radius 1 is 1.05 bits per heavy atom. The SMILES string of the molecule is c1ccc(OCCCNC2COc3ccccc32)cc1. The van der Waals surface area contributed by atoms with Crippen LogP contribution in [0.3, 0.4) is 0 Å². The molecule has 0 aromatic heterocycles. The molecule has 20 heavy (non-hydrogen) atoms. The van der Waals surface area contributed by atoms with Crippen molar-refractivity contribution in [2.75, 3.05) is 19.8 Å². The molecule has 2 aromatic rings. The summed E-state index contributed by atoms with van der Waals surface area (Å²) in [4.78, 5) is 0. The van der Waals surface area contributed by atoms with Gasteiger partial charge in [0, 0.05) is 5.56 Å². The van der Waals surface area contributed by atoms with Crippen LogP contribution in [0.25, 0.3) is 0 Å². The molecule has 3 nitrogen and oxygen atoms in total. The van der Waals surface area contributed by atoms with E-state index in [2.05, 4.69) is 17.4 Å². The lowest BCUT2D eigenvalue weighted by molar-refractivity contribution is 0.288. The van der Waals surface area contributed by atoms with E-state index in [0.29, 0.717) is 6.04 Å². The summed E-state index contributed by atoms with van der Waals surface area (Å²) >= 11 is 0. The van der Waals surface area contributed by atoms with Crippen molar-refractivity contribution in [1.82, 2.24) is 5.32 Å². The van der Waals surface area contributed by atoms with Gasteiger partial charge in [-0.25, -0.2) is 0 Å². The van der Waals surface area contributed by atoms with E-state index in [-0.39, 0.29) is 0 Å². The minimum absolute atomic E-state index is 0.308. The molecule has 1 heterocycles. The monoisotopic (exact) mass is 269 g/mol. The average molecular weight is 269 g/mol. The highest BCUT2D eigenvalue weighted by Crippen LogP contribution is 2.31. The van der Waals surface area contributed by atoms with Gasteiger partial charge in [0.1, 0.15) is 18.1 Å². The van der Waals surface area contributed by atoms with E-state index in [9.17, 15) is 0 Å². The maximum absolute atomic E-state index is 5.67. The highest BCUT2D eigenvalue weighted by molar-refractivity contribution is 5.39. The number of fused-ring (bicyclic) bond motifs is 1. The summed E-state index contributed by atoms with van der Waals surface area (Å²) in [6.45, 7) is 2.38. The van der Waals surface area contributed by atoms with Crippen LogP contribution < -0.4 is 14.8 Å². The van der Waals surface area contributed by atoms with Gasteiger partial charge in [-0.05, 0) is 31.2 Å². The number of hydrogen-bond donors (Lipinski definition) is 1. The Bertz CT molecular complexity index is 542. The Kier molecular flexibility index (Phi) is 4.19. The van der Waals surface area contributed by atoms with E-state index in [1.165, 1.54) is 5.56 Å². The predicted molar refractivity (Wildman–Crippen MR) is 79.2 cm³/mol. The maximum atomic E-state index is 5.67. The van der Waals surface area contributed by atoms with Crippen LogP contribution in [0.15, 0.2) is 54.6 Å². The summed E-state index contributed by atoms with van der Waals surface area (Å²) < 4.78 is 11.3. The van der Waals surface area contributed by atoms with Crippen LogP contribution in [-0.2, 0) is 0 Å². The van der Waals surface area contributed by atoms with Crippen molar-refractivity contribution in [2.45, 2.75) is 12.5 Å². The lowest BCUT2D eigenvalue weighted by atomic mass is 10.1. The highest BCUT2D eigenvalue weighted by atomic mass is 16.5. The molecule has 2 aromatic carbocycles. The third-order valence-corrected chi connectivity index (χ3v) is 3.42. The van der Waals surface area contributed by atoms with Gasteiger partial charge in [0.25, 0.3) is 0 Å². The third-order valence-electron chi connectivity index (χ3n) is 3.42. The lowest BCUT2D eigenvalue weighted by Gasteiger charge is -2.12. The fourth-order valence-corrected chi connectivity index (χ4v) is 2.39. The second-order valence-corrected chi connectivity index (χ2v) is 4.87. The largest absolute Gasteiger partial charge is 0.494 e. The summed E-state index contributed by atoms with van der Waals surface area (Å²) in [7, 11) is 0. The number of rotatable bonds is 6. The molecule has 3 heteroatoms. The Morgan fingerprint density at radius 2 is 1.85 bits per heavy atom. The number of hydrogen-bond acceptors (Lipinski definition) is 3. The molecule has 3 rings (SSSR count). The predicted octanol–water partition coefficient (Wildman–Crippen LogP) is 3.18. The van der Waals surface area contributed by atoms with Gasteiger partial charge in [-0.2, -0.15) is 0 Å². The average Bonchev–Trinajstić information content (AvgIpc) is 2.91. The Morgan fingerprint density at radius 3 is 2.75 bits per heavy atom. The van der Waals surface area contributed by atoms with Gasteiger partial charge in [-0.1, -0.05) is 36.4 Å². The van der Waals surface area contributed by atoms with Gasteiger partial charge in [-0.3, -0.25) is 0 Å². The van der Waals surface area contributed by atoms with Crippen molar-refractivity contribution in [3.8, 4) is 11.5 Å². The van der Waals surface area contributed by atoms with E-state index >= 15 is 0 Å². The first-order valence-corrected chi connectivity index (χ1v) is 7.06. The van der Waals surface area contributed by atoms with Crippen LogP contribution in [0.1, 0.15) is 18.0 Å². The smallest absolute Gasteiger partial charge is 0.124 e. The second kappa shape index (κ2) is 6.44. The van der Waals surface area contributed by atoms with Crippen LogP contribution in [0.4, 0.5) is 0 Å². The molecule has 1 aliphatic heterocycles. The molecule has 0 spiro atoms. The van der Waals surface area contributed by atoms with Crippen LogP contribution in [0.2, 0.25) is 0 Å². The first-order valence-electron chi connectivity index (χ1n) is 7.06. The molecule has 1 N–H and O–H groups in total. The molecule has 0 fully saturated rings. The summed E-state index contributed by atoms with van der Waals surface area (Å²) in [5, 5.41) is 3.52. The summed E-state index contributed by atoms with van der Waals surface area (Å²) in [6.07, 6.45) is 0.980. The Balaban J connectivity index is 1.39. The normalized spacial score (nSPS) is 16.5. The molecule has 0 saturated heterocycles. The zero-order valence-electron chi connectivity index (χ0n) is 11.4. The van der Waals surface area contributed by atoms with Crippen molar-refractivity contribution in [3.05, 3.63) is 60.2 Å². The van der Waals surface area contributed by atoms with Gasteiger partial charge in [0.05, 0.1) is 12.6 Å². The number of ether oxygens (including phenoxy) is 2. The lowest BCUT2D eigenvalue weighted by Crippen LogP contribution is -2.24. The molecular formula is C17H19NO2. The summed E-state index contributed by atoms with van der Waals surface area (Å²) in [5.41, 5.74) is 1.26. The van der Waals surface area contributed by atoms with Crippen molar-refractivity contribution >= 4 is 0 Å². The Hall–Kier alpha value is -2.00. The van der Waals surface area contributed by atoms with Crippen molar-refractivity contribution in [2.24, 2.45) is 0 Å². The van der Waals surface area contributed by atoms with Gasteiger partial charge in [0.15, 0.2) is 0 Å². The van der Waals surface area contributed by atoms with Crippen LogP contribution in [0, 0.1) is 0 Å². The van der Waals surface area contributed by atoms with Crippen molar-refractivity contribution in [3.63, 3.8) is 0 Å². The number of nitrogens with one attached hydrogen (secondary N) is 1. The van der Waals surface area contributed by atoms with Crippen LogP contribution in [-0.4, -0.2) is 19.8 Å². The van der Waals surface area contributed by atoms with Crippen molar-refractivity contribution in [1.29, 1.82) is 0 Å². The van der Waals surface area contributed by atoms with Crippen LogP contribution in [0.5, 0.6) is 11.5 Å². The molecular weight excluding hydrogens is 250 g/mol. The molecule has 1 aliphatic rings. The van der Waals surface area contributed by atoms with Gasteiger partial charge in [0.2, 0.25) is 0 Å².